The van der Waals surface area contributed by atoms with E-state index >= 15 is 0 Å². The lowest BCUT2D eigenvalue weighted by Crippen LogP contribution is -2.29. The summed E-state index contributed by atoms with van der Waals surface area (Å²) in [5.41, 5.74) is -0.0469. The number of amides is 1. The number of methoxy groups -OCH3 is 1. The van der Waals surface area contributed by atoms with Crippen LogP contribution in [0.1, 0.15) is 20.3 Å². The zero-order chi connectivity index (χ0) is 13.1. The number of benzene rings is 1. The Morgan fingerprint density at radius 1 is 1.53 bits per heavy atom. The van der Waals surface area contributed by atoms with Gasteiger partial charge in [0.15, 0.2) is 0 Å². The molecule has 0 unspecified atom stereocenters. The molecule has 17 heavy (non-hydrogen) atoms. The third kappa shape index (κ3) is 4.24. The van der Waals surface area contributed by atoms with Gasteiger partial charge in [0, 0.05) is 13.2 Å². The number of anilines is 1. The molecule has 1 aromatic carbocycles. The highest BCUT2D eigenvalue weighted by Crippen LogP contribution is 2.26. The van der Waals surface area contributed by atoms with Gasteiger partial charge in [-0.2, -0.15) is 0 Å². The molecule has 0 fully saturated rings. The standard InChI is InChI=1S/C12H16ClNO3/c1-12(2,17-3)7-11(16)14-10-5-4-8(15)6-9(10)13/h4-6,15H,7H2,1-3H3,(H,14,16). The average molecular weight is 258 g/mol. The normalized spacial score (nSPS) is 11.3. The molecule has 4 nitrogen and oxygen atoms in total. The number of phenols is 1. The van der Waals surface area contributed by atoms with E-state index in [-0.39, 0.29) is 18.1 Å². The van der Waals surface area contributed by atoms with Crippen LogP contribution in [0, 0.1) is 0 Å². The van der Waals surface area contributed by atoms with E-state index in [0.717, 1.165) is 0 Å². The first-order valence-electron chi connectivity index (χ1n) is 5.17. The second-order valence-electron chi connectivity index (χ2n) is 4.35. The summed E-state index contributed by atoms with van der Waals surface area (Å²) in [5, 5.41) is 12.1. The van der Waals surface area contributed by atoms with E-state index in [1.54, 1.807) is 13.2 Å². The van der Waals surface area contributed by atoms with Gasteiger partial charge in [-0.15, -0.1) is 0 Å². The summed E-state index contributed by atoms with van der Waals surface area (Å²) in [4.78, 5) is 11.7. The minimum Gasteiger partial charge on any atom is -0.508 e. The van der Waals surface area contributed by atoms with Crippen LogP contribution in [-0.4, -0.2) is 23.7 Å². The van der Waals surface area contributed by atoms with E-state index < -0.39 is 5.60 Å². The van der Waals surface area contributed by atoms with Gasteiger partial charge in [-0.1, -0.05) is 11.6 Å². The zero-order valence-electron chi connectivity index (χ0n) is 10.1. The van der Waals surface area contributed by atoms with E-state index in [1.807, 2.05) is 13.8 Å². The zero-order valence-corrected chi connectivity index (χ0v) is 10.8. The fraction of sp³-hybridized carbons (Fsp3) is 0.417. The highest BCUT2D eigenvalue weighted by molar-refractivity contribution is 6.33. The number of hydrogen-bond donors (Lipinski definition) is 2. The number of phenolic OH excluding ortho intramolecular Hbond substituents is 1. The highest BCUT2D eigenvalue weighted by Gasteiger charge is 2.21. The third-order valence-electron chi connectivity index (χ3n) is 2.37. The summed E-state index contributed by atoms with van der Waals surface area (Å²) in [6.07, 6.45) is 0.223. The van der Waals surface area contributed by atoms with E-state index in [0.29, 0.717) is 10.7 Å². The Kier molecular flexibility index (Phi) is 4.37. The van der Waals surface area contributed by atoms with Crippen molar-refractivity contribution >= 4 is 23.2 Å². The maximum Gasteiger partial charge on any atom is 0.227 e. The summed E-state index contributed by atoms with van der Waals surface area (Å²) in [7, 11) is 1.56. The van der Waals surface area contributed by atoms with Crippen molar-refractivity contribution in [2.75, 3.05) is 12.4 Å². The average Bonchev–Trinajstić information content (AvgIpc) is 2.21. The Bertz CT molecular complexity index is 418. The van der Waals surface area contributed by atoms with Crippen molar-refractivity contribution in [2.24, 2.45) is 0 Å². The van der Waals surface area contributed by atoms with Crippen molar-refractivity contribution in [3.05, 3.63) is 23.2 Å². The van der Waals surface area contributed by atoms with Crippen LogP contribution < -0.4 is 5.32 Å². The quantitative estimate of drug-likeness (QED) is 0.816. The molecule has 1 rings (SSSR count). The molecular weight excluding hydrogens is 242 g/mol. The molecule has 0 bridgehead atoms. The molecule has 5 heteroatoms. The van der Waals surface area contributed by atoms with Crippen LogP contribution in [0.15, 0.2) is 18.2 Å². The molecular formula is C12H16ClNO3. The van der Waals surface area contributed by atoms with Crippen molar-refractivity contribution in [1.82, 2.24) is 0 Å². The molecule has 0 saturated carbocycles. The molecule has 0 heterocycles. The molecule has 0 saturated heterocycles. The molecule has 0 aliphatic rings. The fourth-order valence-corrected chi connectivity index (χ4v) is 1.48. The monoisotopic (exact) mass is 257 g/mol. The molecule has 0 aliphatic carbocycles. The van der Waals surface area contributed by atoms with Crippen LogP contribution in [0.3, 0.4) is 0 Å². The van der Waals surface area contributed by atoms with Crippen LogP contribution in [0.5, 0.6) is 5.75 Å². The number of nitrogens with one attached hydrogen (secondary N) is 1. The van der Waals surface area contributed by atoms with Crippen LogP contribution in [0.2, 0.25) is 5.02 Å². The van der Waals surface area contributed by atoms with E-state index in [4.69, 9.17) is 16.3 Å². The lowest BCUT2D eigenvalue weighted by Gasteiger charge is -2.22. The number of carbonyl (C=O) groups is 1. The van der Waals surface area contributed by atoms with Crippen LogP contribution >= 0.6 is 11.6 Å². The summed E-state index contributed by atoms with van der Waals surface area (Å²) in [6.45, 7) is 3.65. The Morgan fingerprint density at radius 3 is 2.71 bits per heavy atom. The number of aromatic hydroxyl groups is 1. The Morgan fingerprint density at radius 2 is 2.18 bits per heavy atom. The fourth-order valence-electron chi connectivity index (χ4n) is 1.26. The van der Waals surface area contributed by atoms with Crippen LogP contribution in [0.4, 0.5) is 5.69 Å². The second-order valence-corrected chi connectivity index (χ2v) is 4.76. The number of rotatable bonds is 4. The molecule has 2 N–H and O–H groups in total. The van der Waals surface area contributed by atoms with Gasteiger partial charge in [0.2, 0.25) is 5.91 Å². The lowest BCUT2D eigenvalue weighted by atomic mass is 10.0. The Labute approximate surface area is 106 Å². The van der Waals surface area contributed by atoms with E-state index in [9.17, 15) is 9.90 Å². The van der Waals surface area contributed by atoms with Gasteiger partial charge < -0.3 is 15.2 Å². The molecule has 0 atom stereocenters. The molecule has 0 aromatic heterocycles. The van der Waals surface area contributed by atoms with Crippen LogP contribution in [0.25, 0.3) is 0 Å². The smallest absolute Gasteiger partial charge is 0.227 e. The summed E-state index contributed by atoms with van der Waals surface area (Å²) < 4.78 is 5.16. The van der Waals surface area contributed by atoms with Gasteiger partial charge in [0.1, 0.15) is 5.75 Å². The first kappa shape index (κ1) is 13.8. The summed E-state index contributed by atoms with van der Waals surface area (Å²) >= 11 is 5.87. The van der Waals surface area contributed by atoms with Gasteiger partial charge in [-0.3, -0.25) is 4.79 Å². The summed E-state index contributed by atoms with van der Waals surface area (Å²) in [5.74, 6) is -0.130. The number of hydrogen-bond acceptors (Lipinski definition) is 3. The molecule has 0 spiro atoms. The predicted molar refractivity (Wildman–Crippen MR) is 67.5 cm³/mol. The SMILES string of the molecule is COC(C)(C)CC(=O)Nc1ccc(O)cc1Cl. The van der Waals surface area contributed by atoms with Gasteiger partial charge >= 0.3 is 0 Å². The Balaban J connectivity index is 2.69. The van der Waals surface area contributed by atoms with E-state index in [2.05, 4.69) is 5.32 Å². The van der Waals surface area contributed by atoms with Gasteiger partial charge in [-0.25, -0.2) is 0 Å². The molecule has 1 amide bonds. The van der Waals surface area contributed by atoms with Gasteiger partial charge in [-0.05, 0) is 26.0 Å². The van der Waals surface area contributed by atoms with E-state index in [1.165, 1.54) is 12.1 Å². The molecule has 94 valence electrons. The van der Waals surface area contributed by atoms with Crippen molar-refractivity contribution in [1.29, 1.82) is 0 Å². The highest BCUT2D eigenvalue weighted by atomic mass is 35.5. The number of carbonyl (C=O) groups excluding carboxylic acids is 1. The molecule has 0 aliphatic heterocycles. The van der Waals surface area contributed by atoms with Crippen molar-refractivity contribution in [3.8, 4) is 5.75 Å². The van der Waals surface area contributed by atoms with Crippen molar-refractivity contribution in [2.45, 2.75) is 25.9 Å². The van der Waals surface area contributed by atoms with Gasteiger partial charge in [0.05, 0.1) is 22.7 Å². The van der Waals surface area contributed by atoms with Crippen LogP contribution in [-0.2, 0) is 9.53 Å². The maximum absolute atomic E-state index is 11.7. The van der Waals surface area contributed by atoms with Crippen molar-refractivity contribution < 1.29 is 14.6 Å². The third-order valence-corrected chi connectivity index (χ3v) is 2.68. The van der Waals surface area contributed by atoms with Gasteiger partial charge in [0.25, 0.3) is 0 Å². The predicted octanol–water partition coefficient (Wildman–Crippen LogP) is 2.80. The second kappa shape index (κ2) is 5.38. The first-order valence-corrected chi connectivity index (χ1v) is 5.55. The minimum atomic E-state index is -0.520. The number of halogens is 1. The first-order chi connectivity index (χ1) is 7.84. The summed E-state index contributed by atoms with van der Waals surface area (Å²) in [6, 6.07) is 4.39. The number of ether oxygens (including phenoxy) is 1. The minimum absolute atomic E-state index is 0.0604. The topological polar surface area (TPSA) is 58.6 Å². The Hall–Kier alpha value is -1.26. The lowest BCUT2D eigenvalue weighted by molar-refractivity contribution is -0.121. The molecule has 0 radical (unpaired) electrons. The maximum atomic E-state index is 11.7. The molecule has 1 aromatic rings. The van der Waals surface area contributed by atoms with Crippen molar-refractivity contribution in [3.63, 3.8) is 0 Å². The largest absolute Gasteiger partial charge is 0.508 e.